The molecule has 132 valence electrons. The van der Waals surface area contributed by atoms with Crippen molar-refractivity contribution in [3.8, 4) is 22.3 Å². The number of thioether (sulfide) groups is 1. The van der Waals surface area contributed by atoms with Crippen LogP contribution in [-0.2, 0) is 4.74 Å². The Kier molecular flexibility index (Phi) is 6.07. The molecule has 3 aromatic rings. The van der Waals surface area contributed by atoms with E-state index in [0.29, 0.717) is 10.6 Å². The smallest absolute Gasteiger partial charge is 0.339 e. The lowest BCUT2D eigenvalue weighted by Gasteiger charge is -2.15. The molecule has 0 heterocycles. The lowest BCUT2D eigenvalue weighted by atomic mass is 9.94. The van der Waals surface area contributed by atoms with E-state index in [9.17, 15) is 4.79 Å². The zero-order chi connectivity index (χ0) is 18.7. The molecule has 0 amide bonds. The Bertz CT molecular complexity index is 937. The lowest BCUT2D eigenvalue weighted by Crippen LogP contribution is -2.06. The van der Waals surface area contributed by atoms with Crippen LogP contribution in [0.15, 0.2) is 70.0 Å². The molecule has 0 bridgehead atoms. The van der Waals surface area contributed by atoms with Crippen LogP contribution in [0.3, 0.4) is 0 Å². The fourth-order valence-electron chi connectivity index (χ4n) is 2.76. The van der Waals surface area contributed by atoms with Crippen molar-refractivity contribution in [1.29, 1.82) is 0 Å². The summed E-state index contributed by atoms with van der Waals surface area (Å²) in [4.78, 5) is 13.4. The van der Waals surface area contributed by atoms with Crippen LogP contribution >= 0.6 is 39.3 Å². The molecular weight excluding hydrogens is 432 g/mol. The van der Waals surface area contributed by atoms with Crippen LogP contribution in [-0.4, -0.2) is 19.3 Å². The highest BCUT2D eigenvalue weighted by Crippen LogP contribution is 2.37. The summed E-state index contributed by atoms with van der Waals surface area (Å²) in [7, 11) is 1.41. The maximum Gasteiger partial charge on any atom is 0.339 e. The second kappa shape index (κ2) is 8.30. The summed E-state index contributed by atoms with van der Waals surface area (Å²) < 4.78 is 6.03. The summed E-state index contributed by atoms with van der Waals surface area (Å²) in [5, 5.41) is 0.693. The van der Waals surface area contributed by atoms with Crippen molar-refractivity contribution in [2.45, 2.75) is 4.90 Å². The lowest BCUT2D eigenvalue weighted by molar-refractivity contribution is 0.0598. The van der Waals surface area contributed by atoms with E-state index in [1.165, 1.54) is 18.9 Å². The first-order chi connectivity index (χ1) is 12.5. The summed E-state index contributed by atoms with van der Waals surface area (Å²) >= 11 is 11.0. The summed E-state index contributed by atoms with van der Waals surface area (Å²) in [6.07, 6.45) is 1.96. The molecule has 0 radical (unpaired) electrons. The Hall–Kier alpha value is -1.75. The molecule has 0 N–H and O–H groups in total. The third kappa shape index (κ3) is 3.98. The van der Waals surface area contributed by atoms with E-state index in [-0.39, 0.29) is 5.97 Å². The van der Waals surface area contributed by atoms with Gasteiger partial charge in [0.25, 0.3) is 0 Å². The molecule has 3 aromatic carbocycles. The van der Waals surface area contributed by atoms with E-state index in [2.05, 4.69) is 15.9 Å². The summed E-state index contributed by atoms with van der Waals surface area (Å²) in [5.41, 5.74) is 4.46. The second-order valence-corrected chi connectivity index (χ2v) is 7.81. The third-order valence-electron chi connectivity index (χ3n) is 4.04. The maximum absolute atomic E-state index is 12.5. The molecule has 0 atom stereocenters. The van der Waals surface area contributed by atoms with Gasteiger partial charge in [0.05, 0.1) is 12.7 Å². The van der Waals surface area contributed by atoms with Crippen LogP contribution in [0.1, 0.15) is 10.4 Å². The van der Waals surface area contributed by atoms with Gasteiger partial charge in [-0.1, -0.05) is 51.8 Å². The van der Waals surface area contributed by atoms with Crippen molar-refractivity contribution in [3.05, 3.63) is 75.7 Å². The number of hydrogen-bond acceptors (Lipinski definition) is 3. The molecular formula is C21H16BrClO2S. The first-order valence-corrected chi connectivity index (χ1v) is 10.2. The quantitative estimate of drug-likeness (QED) is 0.320. The average Bonchev–Trinajstić information content (AvgIpc) is 2.67. The number of benzene rings is 3. The highest BCUT2D eigenvalue weighted by Gasteiger charge is 2.20. The standard InChI is InChI=1S/C21H16BrClO2S/c1-25-21(24)20-18(14-3-7-16(22)8-4-14)11-15(12-19(20)26-2)13-5-9-17(23)10-6-13/h3-12H,1-2H3. The van der Waals surface area contributed by atoms with Gasteiger partial charge in [-0.05, 0) is 64.9 Å². The van der Waals surface area contributed by atoms with Crippen molar-refractivity contribution in [2.75, 3.05) is 13.4 Å². The molecule has 26 heavy (non-hydrogen) atoms. The first-order valence-electron chi connectivity index (χ1n) is 7.85. The summed E-state index contributed by atoms with van der Waals surface area (Å²) in [6, 6.07) is 19.6. The second-order valence-electron chi connectivity index (χ2n) is 5.61. The van der Waals surface area contributed by atoms with Gasteiger partial charge < -0.3 is 4.74 Å². The van der Waals surface area contributed by atoms with Crippen molar-refractivity contribution < 1.29 is 9.53 Å². The minimum Gasteiger partial charge on any atom is -0.465 e. The number of ether oxygens (including phenoxy) is 1. The highest BCUT2D eigenvalue weighted by atomic mass is 79.9. The van der Waals surface area contributed by atoms with Gasteiger partial charge in [0.2, 0.25) is 0 Å². The van der Waals surface area contributed by atoms with Gasteiger partial charge in [0.15, 0.2) is 0 Å². The molecule has 2 nitrogen and oxygen atoms in total. The molecule has 0 aliphatic carbocycles. The van der Waals surface area contributed by atoms with Crippen LogP contribution in [0.5, 0.6) is 0 Å². The van der Waals surface area contributed by atoms with Crippen molar-refractivity contribution >= 4 is 45.3 Å². The molecule has 0 aliphatic heterocycles. The van der Waals surface area contributed by atoms with E-state index < -0.39 is 0 Å². The van der Waals surface area contributed by atoms with Crippen molar-refractivity contribution in [3.63, 3.8) is 0 Å². The van der Waals surface area contributed by atoms with E-state index in [4.69, 9.17) is 16.3 Å². The number of halogens is 2. The zero-order valence-corrected chi connectivity index (χ0v) is 17.4. The maximum atomic E-state index is 12.5. The molecule has 0 saturated heterocycles. The first kappa shape index (κ1) is 19.0. The van der Waals surface area contributed by atoms with E-state index in [1.807, 2.05) is 66.9 Å². The van der Waals surface area contributed by atoms with Crippen LogP contribution < -0.4 is 0 Å². The predicted molar refractivity (Wildman–Crippen MR) is 113 cm³/mol. The van der Waals surface area contributed by atoms with Gasteiger partial charge in [-0.3, -0.25) is 0 Å². The topological polar surface area (TPSA) is 26.3 Å². The van der Waals surface area contributed by atoms with E-state index >= 15 is 0 Å². The summed E-state index contributed by atoms with van der Waals surface area (Å²) in [5.74, 6) is -0.338. The predicted octanol–water partition coefficient (Wildman–Crippen LogP) is 6.95. The minimum absolute atomic E-state index is 0.338. The Morgan fingerprint density at radius 3 is 2.15 bits per heavy atom. The molecule has 0 unspecified atom stereocenters. The van der Waals surface area contributed by atoms with Crippen molar-refractivity contribution in [2.24, 2.45) is 0 Å². The van der Waals surface area contributed by atoms with Crippen LogP contribution in [0.25, 0.3) is 22.3 Å². The summed E-state index contributed by atoms with van der Waals surface area (Å²) in [6.45, 7) is 0. The minimum atomic E-state index is -0.338. The van der Waals surface area contributed by atoms with Gasteiger partial charge >= 0.3 is 5.97 Å². The average molecular weight is 448 g/mol. The number of rotatable bonds is 4. The third-order valence-corrected chi connectivity index (χ3v) is 5.59. The van der Waals surface area contributed by atoms with Gasteiger partial charge in [-0.2, -0.15) is 0 Å². The number of hydrogen-bond donors (Lipinski definition) is 0. The Morgan fingerprint density at radius 2 is 1.58 bits per heavy atom. The largest absolute Gasteiger partial charge is 0.465 e. The van der Waals surface area contributed by atoms with Crippen LogP contribution in [0.4, 0.5) is 0 Å². The Morgan fingerprint density at radius 1 is 0.962 bits per heavy atom. The number of esters is 1. The Balaban J connectivity index is 2.26. The van der Waals surface area contributed by atoms with E-state index in [0.717, 1.165) is 31.6 Å². The molecule has 3 rings (SSSR count). The van der Waals surface area contributed by atoms with Gasteiger partial charge in [-0.15, -0.1) is 11.8 Å². The van der Waals surface area contributed by atoms with Crippen molar-refractivity contribution in [1.82, 2.24) is 0 Å². The van der Waals surface area contributed by atoms with Gasteiger partial charge in [-0.25, -0.2) is 4.79 Å². The fraction of sp³-hybridized carbons (Fsp3) is 0.0952. The van der Waals surface area contributed by atoms with Crippen LogP contribution in [0, 0.1) is 0 Å². The fourth-order valence-corrected chi connectivity index (χ4v) is 3.79. The van der Waals surface area contributed by atoms with Gasteiger partial charge in [0.1, 0.15) is 0 Å². The molecule has 0 aromatic heterocycles. The molecule has 0 saturated carbocycles. The molecule has 5 heteroatoms. The SMILES string of the molecule is COC(=O)c1c(SC)cc(-c2ccc(Cl)cc2)cc1-c1ccc(Br)cc1. The highest BCUT2D eigenvalue weighted by molar-refractivity contribution is 9.10. The Labute approximate surface area is 170 Å². The molecule has 0 fully saturated rings. The van der Waals surface area contributed by atoms with E-state index in [1.54, 1.807) is 0 Å². The molecule has 0 aliphatic rings. The zero-order valence-electron chi connectivity index (χ0n) is 14.3. The number of methoxy groups -OCH3 is 1. The number of carbonyl (C=O) groups is 1. The molecule has 0 spiro atoms. The van der Waals surface area contributed by atoms with Gasteiger partial charge in [0, 0.05) is 14.4 Å². The van der Waals surface area contributed by atoms with Crippen LogP contribution in [0.2, 0.25) is 5.02 Å². The monoisotopic (exact) mass is 446 g/mol. The normalized spacial score (nSPS) is 10.6. The number of carbonyl (C=O) groups excluding carboxylic acids is 1.